The van der Waals surface area contributed by atoms with E-state index in [1.807, 2.05) is 12.1 Å². The van der Waals surface area contributed by atoms with Gasteiger partial charge in [-0.2, -0.15) is 0 Å². The lowest BCUT2D eigenvalue weighted by atomic mass is 10.1. The summed E-state index contributed by atoms with van der Waals surface area (Å²) in [6.45, 7) is 0.163. The lowest BCUT2D eigenvalue weighted by Gasteiger charge is -2.11. The lowest BCUT2D eigenvalue weighted by Crippen LogP contribution is -2.01. The lowest BCUT2D eigenvalue weighted by molar-refractivity contribution is 0.0491. The molecule has 16 heavy (non-hydrogen) atoms. The van der Waals surface area contributed by atoms with E-state index in [9.17, 15) is 0 Å². The average Bonchev–Trinajstić information content (AvgIpc) is 2.33. The number of benzene rings is 1. The molecule has 0 aliphatic heterocycles. The first-order valence-electron chi connectivity index (χ1n) is 4.89. The number of para-hydroxylation sites is 1. The number of ether oxygens (including phenoxy) is 3. The smallest absolute Gasteiger partial charge is 0.188 e. The van der Waals surface area contributed by atoms with E-state index in [2.05, 4.69) is 0 Å². The van der Waals surface area contributed by atoms with Crippen molar-refractivity contribution in [3.63, 3.8) is 0 Å². The minimum Gasteiger partial charge on any atom is -0.492 e. The molecule has 1 N–H and O–H groups in total. The van der Waals surface area contributed by atoms with Gasteiger partial charge >= 0.3 is 0 Å². The molecule has 0 bridgehead atoms. The number of aliphatic hydroxyl groups excluding tert-OH is 1. The van der Waals surface area contributed by atoms with Crippen LogP contribution < -0.4 is 9.47 Å². The Balaban J connectivity index is 2.95. The fourth-order valence-electron chi connectivity index (χ4n) is 1.30. The molecule has 1 aromatic rings. The van der Waals surface area contributed by atoms with Gasteiger partial charge in [0.25, 0.3) is 0 Å². The molecule has 0 radical (unpaired) electrons. The fraction of sp³-hybridized carbons (Fsp3) is 0.333. The van der Waals surface area contributed by atoms with Gasteiger partial charge in [-0.05, 0) is 6.07 Å². The number of methoxy groups -OCH3 is 2. The second-order valence-electron chi connectivity index (χ2n) is 3.01. The summed E-state index contributed by atoms with van der Waals surface area (Å²) in [5.41, 5.74) is 0.852. The third kappa shape index (κ3) is 3.25. The van der Waals surface area contributed by atoms with Crippen LogP contribution in [0.15, 0.2) is 24.3 Å². The second-order valence-corrected chi connectivity index (χ2v) is 3.01. The molecule has 0 saturated heterocycles. The van der Waals surface area contributed by atoms with Crippen LogP contribution in [-0.2, 0) is 4.74 Å². The number of hydrogen-bond donors (Lipinski definition) is 1. The maximum atomic E-state index is 8.72. The van der Waals surface area contributed by atoms with Gasteiger partial charge in [0.1, 0.15) is 0 Å². The number of hydrogen-bond acceptors (Lipinski definition) is 4. The largest absolute Gasteiger partial charge is 0.492 e. The Morgan fingerprint density at radius 3 is 2.75 bits per heavy atom. The van der Waals surface area contributed by atoms with E-state index in [0.29, 0.717) is 11.5 Å². The summed E-state index contributed by atoms with van der Waals surface area (Å²) in [7, 11) is 3.13. The van der Waals surface area contributed by atoms with Crippen molar-refractivity contribution >= 4 is 6.08 Å². The monoisotopic (exact) mass is 224 g/mol. The van der Waals surface area contributed by atoms with Crippen molar-refractivity contribution in [2.75, 3.05) is 27.6 Å². The Kier molecular flexibility index (Phi) is 5.39. The normalized spacial score (nSPS) is 10.7. The average molecular weight is 224 g/mol. The van der Waals surface area contributed by atoms with Crippen LogP contribution in [0.4, 0.5) is 0 Å². The topological polar surface area (TPSA) is 47.9 Å². The van der Waals surface area contributed by atoms with Gasteiger partial charge < -0.3 is 19.3 Å². The van der Waals surface area contributed by atoms with E-state index in [4.69, 9.17) is 19.3 Å². The first kappa shape index (κ1) is 12.5. The molecule has 1 rings (SSSR count). The molecular weight excluding hydrogens is 208 g/mol. The van der Waals surface area contributed by atoms with Gasteiger partial charge in [-0.25, -0.2) is 0 Å². The summed E-state index contributed by atoms with van der Waals surface area (Å²) in [6.07, 6.45) is 3.41. The minimum atomic E-state index is -0.00763. The summed E-state index contributed by atoms with van der Waals surface area (Å²) in [5, 5.41) is 8.72. The molecule has 1 aromatic carbocycles. The quantitative estimate of drug-likeness (QED) is 0.747. The van der Waals surface area contributed by atoms with Gasteiger partial charge in [-0.3, -0.25) is 0 Å². The third-order valence-electron chi connectivity index (χ3n) is 1.95. The van der Waals surface area contributed by atoms with Crippen LogP contribution >= 0.6 is 0 Å². The predicted molar refractivity (Wildman–Crippen MR) is 61.6 cm³/mol. The van der Waals surface area contributed by atoms with Gasteiger partial charge in [-0.15, -0.1) is 0 Å². The van der Waals surface area contributed by atoms with Crippen LogP contribution in [-0.4, -0.2) is 32.7 Å². The zero-order valence-electron chi connectivity index (χ0n) is 9.47. The molecule has 0 spiro atoms. The Morgan fingerprint density at radius 1 is 1.31 bits per heavy atom. The van der Waals surface area contributed by atoms with Gasteiger partial charge in [0, 0.05) is 12.7 Å². The maximum absolute atomic E-state index is 8.72. The van der Waals surface area contributed by atoms with Gasteiger partial charge in [0.2, 0.25) is 0 Å². The second kappa shape index (κ2) is 6.87. The summed E-state index contributed by atoms with van der Waals surface area (Å²) < 4.78 is 15.4. The Labute approximate surface area is 95.1 Å². The van der Waals surface area contributed by atoms with Crippen molar-refractivity contribution in [3.05, 3.63) is 29.8 Å². The molecule has 4 heteroatoms. The van der Waals surface area contributed by atoms with Crippen LogP contribution in [0.3, 0.4) is 0 Å². The summed E-state index contributed by atoms with van der Waals surface area (Å²) in [4.78, 5) is 0. The zero-order valence-corrected chi connectivity index (χ0v) is 9.47. The van der Waals surface area contributed by atoms with Crippen molar-refractivity contribution in [1.82, 2.24) is 0 Å². The summed E-state index contributed by atoms with van der Waals surface area (Å²) in [5.74, 6) is 1.24. The number of rotatable bonds is 6. The van der Waals surface area contributed by atoms with Crippen LogP contribution in [0.1, 0.15) is 5.56 Å². The highest BCUT2D eigenvalue weighted by molar-refractivity contribution is 5.62. The van der Waals surface area contributed by atoms with Gasteiger partial charge in [0.05, 0.1) is 13.7 Å². The molecule has 4 nitrogen and oxygen atoms in total. The summed E-state index contributed by atoms with van der Waals surface area (Å²) in [6, 6.07) is 5.53. The standard InChI is InChI=1S/C12H16O4/c1-14-9-16-11-7-3-5-10(6-4-8-13)12(11)15-2/h3-7,13H,8-9H2,1-2H3. The van der Waals surface area contributed by atoms with Gasteiger partial charge in [0.15, 0.2) is 18.3 Å². The summed E-state index contributed by atoms with van der Waals surface area (Å²) >= 11 is 0. The molecule has 0 aliphatic carbocycles. The van der Waals surface area contributed by atoms with Crippen molar-refractivity contribution in [3.8, 4) is 11.5 Å². The van der Waals surface area contributed by atoms with E-state index < -0.39 is 0 Å². The predicted octanol–water partition coefficient (Wildman–Crippen LogP) is 1.68. The molecule has 0 amide bonds. The van der Waals surface area contributed by atoms with Crippen LogP contribution in [0.25, 0.3) is 6.08 Å². The van der Waals surface area contributed by atoms with E-state index in [-0.39, 0.29) is 13.4 Å². The molecule has 0 heterocycles. The Morgan fingerprint density at radius 2 is 2.12 bits per heavy atom. The van der Waals surface area contributed by atoms with Crippen molar-refractivity contribution in [2.45, 2.75) is 0 Å². The van der Waals surface area contributed by atoms with Crippen LogP contribution in [0, 0.1) is 0 Å². The first-order valence-corrected chi connectivity index (χ1v) is 4.89. The van der Waals surface area contributed by atoms with E-state index in [1.54, 1.807) is 32.4 Å². The molecule has 0 unspecified atom stereocenters. The third-order valence-corrected chi connectivity index (χ3v) is 1.95. The molecule has 88 valence electrons. The van der Waals surface area contributed by atoms with E-state index >= 15 is 0 Å². The molecular formula is C12H16O4. The SMILES string of the molecule is COCOc1cccc(C=CCO)c1OC. The van der Waals surface area contributed by atoms with Crippen molar-refractivity contribution < 1.29 is 19.3 Å². The first-order chi connectivity index (χ1) is 7.83. The van der Waals surface area contributed by atoms with E-state index in [0.717, 1.165) is 5.56 Å². The highest BCUT2D eigenvalue weighted by atomic mass is 16.7. The number of aliphatic hydroxyl groups is 1. The fourth-order valence-corrected chi connectivity index (χ4v) is 1.30. The van der Waals surface area contributed by atoms with E-state index in [1.165, 1.54) is 0 Å². The minimum absolute atomic E-state index is 0.00763. The maximum Gasteiger partial charge on any atom is 0.188 e. The van der Waals surface area contributed by atoms with Gasteiger partial charge in [-0.1, -0.05) is 24.3 Å². The highest BCUT2D eigenvalue weighted by Gasteiger charge is 2.07. The molecule has 0 atom stereocenters. The van der Waals surface area contributed by atoms with Crippen LogP contribution in [0.2, 0.25) is 0 Å². The van der Waals surface area contributed by atoms with Crippen molar-refractivity contribution in [2.24, 2.45) is 0 Å². The Hall–Kier alpha value is -1.52. The van der Waals surface area contributed by atoms with Crippen molar-refractivity contribution in [1.29, 1.82) is 0 Å². The molecule has 0 saturated carbocycles. The molecule has 0 fully saturated rings. The molecule has 0 aliphatic rings. The molecule has 0 aromatic heterocycles. The zero-order chi connectivity index (χ0) is 11.8. The highest BCUT2D eigenvalue weighted by Crippen LogP contribution is 2.31. The Bertz CT molecular complexity index is 347. The van der Waals surface area contributed by atoms with Crippen LogP contribution in [0.5, 0.6) is 11.5 Å².